The van der Waals surface area contributed by atoms with Crippen molar-refractivity contribution in [1.29, 1.82) is 0 Å². The van der Waals surface area contributed by atoms with Gasteiger partial charge in [-0.25, -0.2) is 4.79 Å². The molecule has 7 fully saturated rings. The minimum absolute atomic E-state index is 0.0781. The molecule has 0 amide bonds. The molecule has 2 saturated heterocycles. The molecule has 5 aliphatic carbocycles. The first kappa shape index (κ1) is 27.1. The fraction of sp³-hybridized carbons (Fsp3) is 0.625. The maximum Gasteiger partial charge on any atom is 0.332 e. The highest BCUT2D eigenvalue weighted by Crippen LogP contribution is 2.85. The molecule has 1 aromatic carbocycles. The summed E-state index contributed by atoms with van der Waals surface area (Å²) in [5.74, 6) is -3.85. The highest BCUT2D eigenvalue weighted by atomic mass is 16.6. The van der Waals surface area contributed by atoms with Crippen molar-refractivity contribution in [2.24, 2.45) is 39.9 Å². The molecular weight excluding hydrogens is 528 g/mol. The van der Waals surface area contributed by atoms with Crippen LogP contribution in [0.15, 0.2) is 36.4 Å². The average Bonchev–Trinajstić information content (AvgIpc) is 2.96. The molecule has 5 saturated carbocycles. The first-order valence-electron chi connectivity index (χ1n) is 14.5. The highest BCUT2D eigenvalue weighted by Gasteiger charge is 2.97. The van der Waals surface area contributed by atoms with Crippen molar-refractivity contribution in [3.05, 3.63) is 42.0 Å². The number of carbonyl (C=O) groups excluding carboxylic acids is 2. The number of fused-ring (bicyclic) bond motifs is 1. The lowest BCUT2D eigenvalue weighted by molar-refractivity contribution is -0.483. The van der Waals surface area contributed by atoms with Gasteiger partial charge >= 0.3 is 5.97 Å². The van der Waals surface area contributed by atoms with Crippen LogP contribution in [0.5, 0.6) is 11.5 Å². The van der Waals surface area contributed by atoms with Crippen molar-refractivity contribution in [1.82, 2.24) is 0 Å². The summed E-state index contributed by atoms with van der Waals surface area (Å²) in [5.41, 5.74) is -3.11. The predicted molar refractivity (Wildman–Crippen MR) is 146 cm³/mol. The number of ketones is 1. The van der Waals surface area contributed by atoms with E-state index < -0.39 is 63.9 Å². The standard InChI is InChI=1S/C32H38O9/c1-16-18-8-10-21-29-15-40-32(37,26(35)25(29)28(2,3)13-12-22(29)33)30(21)24(18)31(16,27(30)36)41-23(34)11-7-17-6-9-19(38-4)20(14-17)39-5/h6-7,9,11,14,18,21-22,24-26,33,35,37H,1,8,10,12-13,15H2,2-5H3/b11-7+/t18-,21-,22-,24+,25+,26-,29+,30+,31-,32?/m0/s1. The molecule has 7 aliphatic rings. The average molecular weight is 567 g/mol. The van der Waals surface area contributed by atoms with E-state index in [-0.39, 0.29) is 17.9 Å². The second-order valence-corrected chi connectivity index (χ2v) is 13.6. The number of benzene rings is 1. The maximum atomic E-state index is 14.5. The van der Waals surface area contributed by atoms with E-state index in [1.807, 2.05) is 0 Å². The predicted octanol–water partition coefficient (Wildman–Crippen LogP) is 2.66. The number of ether oxygens (including phenoxy) is 4. The number of Topliss-reactive ketones (excluding diaryl/α,β-unsaturated/α-hetero) is 1. The normalized spacial score (nSPS) is 46.5. The van der Waals surface area contributed by atoms with Crippen LogP contribution in [0, 0.1) is 39.9 Å². The van der Waals surface area contributed by atoms with Crippen molar-refractivity contribution < 1.29 is 43.9 Å². The van der Waals surface area contributed by atoms with E-state index in [1.54, 1.807) is 24.3 Å². The van der Waals surface area contributed by atoms with Crippen LogP contribution in [0.1, 0.15) is 45.1 Å². The molecule has 1 aromatic rings. The van der Waals surface area contributed by atoms with Crippen LogP contribution in [0.3, 0.4) is 0 Å². The van der Waals surface area contributed by atoms with Crippen molar-refractivity contribution in [3.63, 3.8) is 0 Å². The number of aliphatic hydroxyl groups excluding tert-OH is 2. The molecule has 0 radical (unpaired) electrons. The zero-order valence-corrected chi connectivity index (χ0v) is 23.9. The second kappa shape index (κ2) is 8.22. The van der Waals surface area contributed by atoms with Crippen LogP contribution in [0.2, 0.25) is 0 Å². The van der Waals surface area contributed by atoms with Crippen LogP contribution >= 0.6 is 0 Å². The number of rotatable bonds is 5. The lowest BCUT2D eigenvalue weighted by Gasteiger charge is -2.84. The summed E-state index contributed by atoms with van der Waals surface area (Å²) in [4.78, 5) is 27.7. The van der Waals surface area contributed by atoms with Gasteiger partial charge in [0.2, 0.25) is 5.79 Å². The monoisotopic (exact) mass is 566 g/mol. The van der Waals surface area contributed by atoms with Crippen molar-refractivity contribution in [2.75, 3.05) is 20.8 Å². The first-order valence-corrected chi connectivity index (χ1v) is 14.5. The van der Waals surface area contributed by atoms with Gasteiger partial charge in [0.25, 0.3) is 0 Å². The molecule has 10 atom stereocenters. The van der Waals surface area contributed by atoms with Gasteiger partial charge in [0.05, 0.1) is 26.9 Å². The highest BCUT2D eigenvalue weighted by molar-refractivity contribution is 6.09. The van der Waals surface area contributed by atoms with E-state index >= 15 is 0 Å². The molecular formula is C32H38O9. The lowest BCUT2D eigenvalue weighted by Crippen LogP contribution is -2.97. The number of aliphatic hydroxyl groups is 3. The van der Waals surface area contributed by atoms with Crippen LogP contribution in [-0.2, 0) is 19.1 Å². The molecule has 2 spiro atoms. The van der Waals surface area contributed by atoms with Gasteiger partial charge in [-0.3, -0.25) is 4.79 Å². The zero-order chi connectivity index (χ0) is 29.3. The number of hydrogen-bond donors (Lipinski definition) is 3. The van der Waals surface area contributed by atoms with Gasteiger partial charge in [0.1, 0.15) is 11.5 Å². The van der Waals surface area contributed by atoms with Gasteiger partial charge in [0, 0.05) is 23.3 Å². The lowest BCUT2D eigenvalue weighted by atomic mass is 9.21. The van der Waals surface area contributed by atoms with Crippen LogP contribution in [0.4, 0.5) is 0 Å². The molecule has 41 heavy (non-hydrogen) atoms. The van der Waals surface area contributed by atoms with Crippen LogP contribution in [-0.4, -0.2) is 71.5 Å². The van der Waals surface area contributed by atoms with E-state index in [4.69, 9.17) is 18.9 Å². The van der Waals surface area contributed by atoms with Gasteiger partial charge < -0.3 is 34.3 Å². The molecule has 220 valence electrons. The largest absolute Gasteiger partial charge is 0.493 e. The molecule has 0 aromatic heterocycles. The first-order chi connectivity index (χ1) is 19.4. The Labute approximate surface area is 239 Å². The van der Waals surface area contributed by atoms with Gasteiger partial charge in [-0.15, -0.1) is 0 Å². The van der Waals surface area contributed by atoms with E-state index in [0.717, 1.165) is 0 Å². The minimum atomic E-state index is -2.13. The molecule has 3 N–H and O–H groups in total. The van der Waals surface area contributed by atoms with E-state index in [0.29, 0.717) is 48.3 Å². The summed E-state index contributed by atoms with van der Waals surface area (Å²) in [6.07, 6.45) is 3.19. The summed E-state index contributed by atoms with van der Waals surface area (Å²) < 4.78 is 22.6. The van der Waals surface area contributed by atoms with Crippen molar-refractivity contribution in [2.45, 2.75) is 63.1 Å². The fourth-order valence-electron chi connectivity index (χ4n) is 10.5. The minimum Gasteiger partial charge on any atom is -0.493 e. The summed E-state index contributed by atoms with van der Waals surface area (Å²) in [5, 5.41) is 35.6. The molecule has 2 bridgehead atoms. The van der Waals surface area contributed by atoms with Gasteiger partial charge in [-0.2, -0.15) is 0 Å². The number of esters is 1. The van der Waals surface area contributed by atoms with E-state index in [2.05, 4.69) is 20.4 Å². The third-order valence-corrected chi connectivity index (χ3v) is 12.0. The molecule has 8 rings (SSSR count). The Morgan fingerprint density at radius 2 is 1.83 bits per heavy atom. The second-order valence-electron chi connectivity index (χ2n) is 13.6. The maximum absolute atomic E-state index is 14.5. The number of methoxy groups -OCH3 is 2. The van der Waals surface area contributed by atoms with Crippen LogP contribution < -0.4 is 9.47 Å². The summed E-state index contributed by atoms with van der Waals surface area (Å²) in [6.45, 7) is 8.36. The Morgan fingerprint density at radius 3 is 2.54 bits per heavy atom. The van der Waals surface area contributed by atoms with E-state index in [1.165, 1.54) is 20.3 Å². The molecule has 2 heterocycles. The molecule has 9 heteroatoms. The van der Waals surface area contributed by atoms with Gasteiger partial charge in [0.15, 0.2) is 22.9 Å². The van der Waals surface area contributed by atoms with Gasteiger partial charge in [-0.05, 0) is 72.3 Å². The van der Waals surface area contributed by atoms with E-state index in [9.17, 15) is 24.9 Å². The summed E-state index contributed by atoms with van der Waals surface area (Å²) >= 11 is 0. The topological polar surface area (TPSA) is 132 Å². The number of hydrogen-bond acceptors (Lipinski definition) is 9. The Balaban J connectivity index is 1.24. The SMILES string of the molecule is C=C1[C@@H]2CC[C@H]3[C@@]45COC(O)([C@@H](O)[C@@H]4C(C)(C)CC[C@@H]5O)[C@]34C(=O)[C@@]1(OC(=O)/C=C/c1ccc(OC)c(OC)c1)[C@H]24. The summed E-state index contributed by atoms with van der Waals surface area (Å²) in [7, 11) is 3.06. The van der Waals surface area contributed by atoms with Crippen LogP contribution in [0.25, 0.3) is 6.08 Å². The van der Waals surface area contributed by atoms with Crippen molar-refractivity contribution in [3.8, 4) is 11.5 Å². The Bertz CT molecular complexity index is 1400. The smallest absolute Gasteiger partial charge is 0.332 e. The van der Waals surface area contributed by atoms with Gasteiger partial charge in [-0.1, -0.05) is 26.5 Å². The number of carbonyl (C=O) groups is 2. The molecule has 1 unspecified atom stereocenters. The molecule has 2 aliphatic heterocycles. The summed E-state index contributed by atoms with van der Waals surface area (Å²) in [6, 6.07) is 5.20. The third-order valence-electron chi connectivity index (χ3n) is 12.0. The zero-order valence-electron chi connectivity index (χ0n) is 23.9. The third kappa shape index (κ3) is 2.78. The van der Waals surface area contributed by atoms with Crippen molar-refractivity contribution >= 4 is 17.8 Å². The fourth-order valence-corrected chi connectivity index (χ4v) is 10.5. The Hall–Kier alpha value is -2.72. The Kier molecular flexibility index (Phi) is 5.44. The quantitative estimate of drug-likeness (QED) is 0.280. The Morgan fingerprint density at radius 1 is 1.10 bits per heavy atom. The molecule has 9 nitrogen and oxygen atoms in total.